The van der Waals surface area contributed by atoms with Crippen LogP contribution in [0.1, 0.15) is 32.6 Å². The van der Waals surface area contributed by atoms with E-state index in [1.807, 2.05) is 0 Å². The van der Waals surface area contributed by atoms with E-state index in [9.17, 15) is 4.79 Å². The number of hydrogen-bond donors (Lipinski definition) is 1. The molecule has 2 aliphatic rings. The van der Waals surface area contributed by atoms with Crippen LogP contribution < -0.4 is 10.9 Å². The maximum atomic E-state index is 12.4. The van der Waals surface area contributed by atoms with Crippen molar-refractivity contribution in [3.63, 3.8) is 0 Å². The second-order valence-electron chi connectivity index (χ2n) is 6.42. The second kappa shape index (κ2) is 5.97. The third kappa shape index (κ3) is 3.58. The summed E-state index contributed by atoms with van der Waals surface area (Å²) >= 11 is 6.14. The van der Waals surface area contributed by atoms with Crippen molar-refractivity contribution in [1.29, 1.82) is 0 Å². The molecule has 0 aliphatic heterocycles. The Morgan fingerprint density at radius 3 is 2.81 bits per heavy atom. The summed E-state index contributed by atoms with van der Waals surface area (Å²) in [6.07, 6.45) is 6.53. The van der Waals surface area contributed by atoms with E-state index in [0.29, 0.717) is 35.3 Å². The van der Waals surface area contributed by atoms with E-state index in [1.165, 1.54) is 25.7 Å². The predicted molar refractivity (Wildman–Crippen MR) is 85.0 cm³/mol. The Morgan fingerprint density at radius 2 is 2.19 bits per heavy atom. The van der Waals surface area contributed by atoms with Crippen molar-refractivity contribution in [3.05, 3.63) is 21.6 Å². The third-order valence-corrected chi connectivity index (χ3v) is 4.80. The quantitative estimate of drug-likeness (QED) is 0.839. The molecule has 1 aromatic heterocycles. The summed E-state index contributed by atoms with van der Waals surface area (Å²) < 4.78 is 1.54. The fourth-order valence-corrected chi connectivity index (χ4v) is 2.73. The number of hydrogen-bond acceptors (Lipinski definition) is 4. The van der Waals surface area contributed by atoms with Gasteiger partial charge in [-0.2, -0.15) is 5.10 Å². The Balaban J connectivity index is 1.67. The van der Waals surface area contributed by atoms with Crippen molar-refractivity contribution in [2.75, 3.05) is 18.9 Å². The van der Waals surface area contributed by atoms with Gasteiger partial charge in [-0.1, -0.05) is 11.6 Å². The summed E-state index contributed by atoms with van der Waals surface area (Å²) in [5.41, 5.74) is 0.388. The molecule has 5 nitrogen and oxygen atoms in total. The Bertz CT molecular complexity index is 565. The summed E-state index contributed by atoms with van der Waals surface area (Å²) in [5.74, 6) is 0.615. The first-order valence-corrected chi connectivity index (χ1v) is 8.15. The lowest BCUT2D eigenvalue weighted by Crippen LogP contribution is -2.37. The minimum atomic E-state index is -0.101. The average Bonchev–Trinajstić information content (AvgIpc) is 3.34. The first kappa shape index (κ1) is 14.9. The van der Waals surface area contributed by atoms with Crippen LogP contribution in [0.3, 0.4) is 0 Å². The fourth-order valence-electron chi connectivity index (χ4n) is 2.54. The fraction of sp³-hybridized carbons (Fsp3) is 0.733. The number of halogens is 1. The number of nitrogens with zero attached hydrogens (tertiary/aromatic N) is 3. The van der Waals surface area contributed by atoms with Crippen LogP contribution in [0.2, 0.25) is 5.02 Å². The van der Waals surface area contributed by atoms with Gasteiger partial charge >= 0.3 is 0 Å². The van der Waals surface area contributed by atoms with E-state index in [0.717, 1.165) is 6.54 Å². The molecule has 21 heavy (non-hydrogen) atoms. The summed E-state index contributed by atoms with van der Waals surface area (Å²) in [5, 5.41) is 7.78. The highest BCUT2D eigenvalue weighted by molar-refractivity contribution is 6.32. The predicted octanol–water partition coefficient (Wildman–Crippen LogP) is 2.20. The van der Waals surface area contributed by atoms with Gasteiger partial charge in [0.15, 0.2) is 0 Å². The molecule has 6 heteroatoms. The van der Waals surface area contributed by atoms with E-state index in [1.54, 1.807) is 10.9 Å². The number of aromatic nitrogens is 2. The zero-order chi connectivity index (χ0) is 15.0. The van der Waals surface area contributed by atoms with Crippen molar-refractivity contribution in [2.45, 2.75) is 51.2 Å². The molecule has 0 saturated heterocycles. The van der Waals surface area contributed by atoms with Crippen molar-refractivity contribution in [3.8, 4) is 0 Å². The SMILES string of the molecule is CC(CNc1c(Cl)cnn(CC2CC2)c1=O)N(C)C1CC1. The Morgan fingerprint density at radius 1 is 1.48 bits per heavy atom. The van der Waals surface area contributed by atoms with Gasteiger partial charge in [-0.25, -0.2) is 4.68 Å². The van der Waals surface area contributed by atoms with E-state index in [-0.39, 0.29) is 5.56 Å². The zero-order valence-corrected chi connectivity index (χ0v) is 13.4. The minimum Gasteiger partial charge on any atom is -0.378 e. The molecule has 0 aromatic carbocycles. The molecule has 2 fully saturated rings. The Labute approximate surface area is 130 Å². The lowest BCUT2D eigenvalue weighted by molar-refractivity contribution is 0.257. The van der Waals surface area contributed by atoms with E-state index >= 15 is 0 Å². The summed E-state index contributed by atoms with van der Waals surface area (Å²) in [4.78, 5) is 14.8. The standard InChI is InChI=1S/C15H23ClN4O/c1-10(19(2)12-5-6-12)7-17-14-13(16)8-18-20(15(14)21)9-11-3-4-11/h8,10-12,17H,3-7,9H2,1-2H3. The smallest absolute Gasteiger partial charge is 0.291 e. The molecule has 2 saturated carbocycles. The maximum absolute atomic E-state index is 12.4. The molecule has 0 amide bonds. The van der Waals surface area contributed by atoms with Crippen LogP contribution in [-0.2, 0) is 6.54 Å². The molecular weight excluding hydrogens is 288 g/mol. The molecule has 1 unspecified atom stereocenters. The molecule has 1 heterocycles. The molecule has 1 aromatic rings. The van der Waals surface area contributed by atoms with Gasteiger partial charge in [0.05, 0.1) is 11.2 Å². The van der Waals surface area contributed by atoms with Crippen molar-refractivity contribution < 1.29 is 0 Å². The molecular formula is C15H23ClN4O. The van der Waals surface area contributed by atoms with Crippen LogP contribution in [0, 0.1) is 5.92 Å². The largest absolute Gasteiger partial charge is 0.378 e. The molecule has 2 aliphatic carbocycles. The topological polar surface area (TPSA) is 50.2 Å². The molecule has 3 rings (SSSR count). The summed E-state index contributed by atoms with van der Waals surface area (Å²) in [6.45, 7) is 3.60. The zero-order valence-electron chi connectivity index (χ0n) is 12.7. The number of likely N-dealkylation sites (N-methyl/N-ethyl adjacent to an activating group) is 1. The van der Waals surface area contributed by atoms with Crippen LogP contribution in [0.25, 0.3) is 0 Å². The molecule has 0 radical (unpaired) electrons. The van der Waals surface area contributed by atoms with Crippen molar-refractivity contribution >= 4 is 17.3 Å². The lowest BCUT2D eigenvalue weighted by Gasteiger charge is -2.25. The van der Waals surface area contributed by atoms with Crippen LogP contribution in [0.5, 0.6) is 0 Å². The minimum absolute atomic E-state index is 0.101. The van der Waals surface area contributed by atoms with Gasteiger partial charge in [0, 0.05) is 25.2 Å². The third-order valence-electron chi connectivity index (χ3n) is 4.52. The van der Waals surface area contributed by atoms with Gasteiger partial charge in [0.1, 0.15) is 5.69 Å². The monoisotopic (exact) mass is 310 g/mol. The summed E-state index contributed by atoms with van der Waals surface area (Å²) in [6, 6.07) is 1.08. The van der Waals surface area contributed by atoms with Crippen molar-refractivity contribution in [1.82, 2.24) is 14.7 Å². The molecule has 116 valence electrons. The van der Waals surface area contributed by atoms with Crippen molar-refractivity contribution in [2.24, 2.45) is 5.92 Å². The normalized spacial score (nSPS) is 19.8. The first-order chi connectivity index (χ1) is 10.1. The Kier molecular flexibility index (Phi) is 4.22. The van der Waals surface area contributed by atoms with Crippen LogP contribution in [-0.4, -0.2) is 40.4 Å². The lowest BCUT2D eigenvalue weighted by atomic mass is 10.3. The molecule has 0 spiro atoms. The highest BCUT2D eigenvalue weighted by atomic mass is 35.5. The van der Waals surface area contributed by atoms with E-state index in [2.05, 4.69) is 29.3 Å². The number of anilines is 1. The highest BCUT2D eigenvalue weighted by Gasteiger charge is 2.29. The van der Waals surface area contributed by atoms with Crippen LogP contribution in [0.15, 0.2) is 11.0 Å². The first-order valence-electron chi connectivity index (χ1n) is 7.77. The summed E-state index contributed by atoms with van der Waals surface area (Å²) in [7, 11) is 2.14. The molecule has 0 bridgehead atoms. The molecule has 1 N–H and O–H groups in total. The average molecular weight is 311 g/mol. The van der Waals surface area contributed by atoms with Gasteiger partial charge in [-0.05, 0) is 45.6 Å². The van der Waals surface area contributed by atoms with Gasteiger partial charge in [-0.15, -0.1) is 0 Å². The number of rotatable bonds is 7. The highest BCUT2D eigenvalue weighted by Crippen LogP contribution is 2.30. The molecule has 1 atom stereocenters. The van der Waals surface area contributed by atoms with Gasteiger partial charge in [0.25, 0.3) is 5.56 Å². The van der Waals surface area contributed by atoms with Gasteiger partial charge < -0.3 is 5.32 Å². The second-order valence-corrected chi connectivity index (χ2v) is 6.83. The Hall–Kier alpha value is -1.07. The van der Waals surface area contributed by atoms with Crippen LogP contribution in [0.4, 0.5) is 5.69 Å². The van der Waals surface area contributed by atoms with Gasteiger partial charge in [-0.3, -0.25) is 9.69 Å². The van der Waals surface area contributed by atoms with E-state index < -0.39 is 0 Å². The van der Waals surface area contributed by atoms with E-state index in [4.69, 9.17) is 11.6 Å². The maximum Gasteiger partial charge on any atom is 0.291 e. The van der Waals surface area contributed by atoms with Gasteiger partial charge in [0.2, 0.25) is 0 Å². The number of nitrogens with one attached hydrogen (secondary N) is 1. The van der Waals surface area contributed by atoms with Crippen LogP contribution >= 0.6 is 11.6 Å².